The van der Waals surface area contributed by atoms with E-state index in [-0.39, 0.29) is 17.3 Å². The van der Waals surface area contributed by atoms with E-state index in [1.165, 1.54) is 5.56 Å². The van der Waals surface area contributed by atoms with Gasteiger partial charge in [0.05, 0.1) is 12.5 Å². The number of benzene rings is 1. The van der Waals surface area contributed by atoms with Crippen molar-refractivity contribution in [2.45, 2.75) is 39.5 Å². The molecule has 1 saturated heterocycles. The first kappa shape index (κ1) is 17.8. The van der Waals surface area contributed by atoms with Crippen LogP contribution in [0.4, 0.5) is 0 Å². The minimum absolute atomic E-state index is 0.158. The van der Waals surface area contributed by atoms with E-state index in [2.05, 4.69) is 37.8 Å². The zero-order valence-electron chi connectivity index (χ0n) is 14.7. The molecule has 2 atom stereocenters. The lowest BCUT2D eigenvalue weighted by Gasteiger charge is -2.19. The second-order valence-corrected chi connectivity index (χ2v) is 7.66. The number of hydrogen-bond acceptors (Lipinski definition) is 3. The summed E-state index contributed by atoms with van der Waals surface area (Å²) < 4.78 is 5.79. The number of hydrogen-bond donors (Lipinski definition) is 1. The van der Waals surface area contributed by atoms with Gasteiger partial charge in [-0.1, -0.05) is 39.8 Å². The van der Waals surface area contributed by atoms with Gasteiger partial charge in [0, 0.05) is 19.6 Å². The number of carboxylic acids is 1. The lowest BCUT2D eigenvalue weighted by atomic mass is 9.87. The van der Waals surface area contributed by atoms with E-state index in [4.69, 9.17) is 9.84 Å². The molecule has 1 aromatic rings. The summed E-state index contributed by atoms with van der Waals surface area (Å²) >= 11 is 0. The molecule has 4 nitrogen and oxygen atoms in total. The van der Waals surface area contributed by atoms with Gasteiger partial charge in [-0.05, 0) is 35.4 Å². The molecule has 4 heteroatoms. The highest BCUT2D eigenvalue weighted by Gasteiger charge is 2.34. The van der Waals surface area contributed by atoms with E-state index >= 15 is 0 Å². The Morgan fingerprint density at radius 3 is 2.43 bits per heavy atom. The molecule has 0 aromatic heterocycles. The monoisotopic (exact) mass is 319 g/mol. The van der Waals surface area contributed by atoms with Crippen LogP contribution in [0.15, 0.2) is 24.3 Å². The Morgan fingerprint density at radius 2 is 1.91 bits per heavy atom. The van der Waals surface area contributed by atoms with Crippen LogP contribution in [0.1, 0.15) is 39.7 Å². The standard InChI is InChI=1S/C19H29NO3/c1-14-12-20(13-17(14)18(21)22)10-5-11-23-16-8-6-15(7-9-16)19(2,3)4/h6-9,14,17H,5,10-13H2,1-4H3,(H,21,22)/t14-,17-/m1/s1. The third-order valence-electron chi connectivity index (χ3n) is 4.61. The van der Waals surface area contributed by atoms with Crippen LogP contribution in [0, 0.1) is 11.8 Å². The summed E-state index contributed by atoms with van der Waals surface area (Å²) in [7, 11) is 0. The van der Waals surface area contributed by atoms with Crippen LogP contribution in [0.5, 0.6) is 5.75 Å². The summed E-state index contributed by atoms with van der Waals surface area (Å²) in [5, 5.41) is 9.15. The van der Waals surface area contributed by atoms with Gasteiger partial charge in [-0.2, -0.15) is 0 Å². The third kappa shape index (κ3) is 4.96. The van der Waals surface area contributed by atoms with Crippen LogP contribution in [-0.2, 0) is 10.2 Å². The maximum atomic E-state index is 11.1. The summed E-state index contributed by atoms with van der Waals surface area (Å²) in [5.74, 6) is 0.241. The van der Waals surface area contributed by atoms with Gasteiger partial charge in [0.2, 0.25) is 0 Å². The van der Waals surface area contributed by atoms with Crippen LogP contribution in [0.2, 0.25) is 0 Å². The van der Waals surface area contributed by atoms with Gasteiger partial charge in [0.1, 0.15) is 5.75 Å². The molecule has 1 aliphatic heterocycles. The van der Waals surface area contributed by atoms with E-state index in [1.807, 2.05) is 19.1 Å². The minimum atomic E-state index is -0.671. The van der Waals surface area contributed by atoms with Crippen LogP contribution >= 0.6 is 0 Å². The fraction of sp³-hybridized carbons (Fsp3) is 0.632. The molecule has 1 aliphatic rings. The first-order valence-electron chi connectivity index (χ1n) is 8.46. The first-order valence-corrected chi connectivity index (χ1v) is 8.46. The molecule has 1 N–H and O–H groups in total. The van der Waals surface area contributed by atoms with Crippen molar-refractivity contribution in [2.24, 2.45) is 11.8 Å². The zero-order chi connectivity index (χ0) is 17.0. The number of carboxylic acid groups (broad SMARTS) is 1. The van der Waals surface area contributed by atoms with Gasteiger partial charge < -0.3 is 14.7 Å². The number of likely N-dealkylation sites (tertiary alicyclic amines) is 1. The molecule has 1 aromatic carbocycles. The quantitative estimate of drug-likeness (QED) is 0.816. The predicted molar refractivity (Wildman–Crippen MR) is 92.0 cm³/mol. The van der Waals surface area contributed by atoms with Gasteiger partial charge in [0.15, 0.2) is 0 Å². The molecule has 1 fully saturated rings. The zero-order valence-corrected chi connectivity index (χ0v) is 14.7. The van der Waals surface area contributed by atoms with E-state index in [9.17, 15) is 4.79 Å². The molecule has 128 valence electrons. The van der Waals surface area contributed by atoms with Crippen LogP contribution in [0.25, 0.3) is 0 Å². The Morgan fingerprint density at radius 1 is 1.26 bits per heavy atom. The number of ether oxygens (including phenoxy) is 1. The summed E-state index contributed by atoms with van der Waals surface area (Å²) in [6, 6.07) is 8.29. The predicted octanol–water partition coefficient (Wildman–Crippen LogP) is 3.41. The molecule has 0 amide bonds. The Balaban J connectivity index is 1.71. The van der Waals surface area contributed by atoms with E-state index in [0.29, 0.717) is 13.2 Å². The Bertz CT molecular complexity index is 518. The van der Waals surface area contributed by atoms with Crippen molar-refractivity contribution in [1.29, 1.82) is 0 Å². The van der Waals surface area contributed by atoms with Crippen molar-refractivity contribution in [3.8, 4) is 5.75 Å². The van der Waals surface area contributed by atoms with Gasteiger partial charge in [-0.25, -0.2) is 0 Å². The Labute approximate surface area is 139 Å². The van der Waals surface area contributed by atoms with E-state index in [1.54, 1.807) is 0 Å². The van der Waals surface area contributed by atoms with Crippen molar-refractivity contribution in [1.82, 2.24) is 4.90 Å². The second-order valence-electron chi connectivity index (χ2n) is 7.66. The highest BCUT2D eigenvalue weighted by atomic mass is 16.5. The summed E-state index contributed by atoms with van der Waals surface area (Å²) in [5.41, 5.74) is 1.46. The van der Waals surface area contributed by atoms with Crippen molar-refractivity contribution < 1.29 is 14.6 Å². The molecule has 0 spiro atoms. The van der Waals surface area contributed by atoms with Crippen molar-refractivity contribution in [3.05, 3.63) is 29.8 Å². The molecular weight excluding hydrogens is 290 g/mol. The number of aliphatic carboxylic acids is 1. The third-order valence-corrected chi connectivity index (χ3v) is 4.61. The second kappa shape index (κ2) is 7.35. The lowest BCUT2D eigenvalue weighted by molar-refractivity contribution is -0.142. The normalized spacial score (nSPS) is 22.3. The topological polar surface area (TPSA) is 49.8 Å². The highest BCUT2D eigenvalue weighted by molar-refractivity contribution is 5.71. The number of carbonyl (C=O) groups is 1. The molecule has 23 heavy (non-hydrogen) atoms. The fourth-order valence-corrected chi connectivity index (χ4v) is 3.10. The number of nitrogens with zero attached hydrogens (tertiary/aromatic N) is 1. The largest absolute Gasteiger partial charge is 0.494 e. The Hall–Kier alpha value is -1.55. The molecule has 0 aliphatic carbocycles. The van der Waals surface area contributed by atoms with Crippen LogP contribution in [-0.4, -0.2) is 42.2 Å². The summed E-state index contributed by atoms with van der Waals surface area (Å²) in [4.78, 5) is 13.4. The number of rotatable bonds is 6. The van der Waals surface area contributed by atoms with Crippen LogP contribution in [0.3, 0.4) is 0 Å². The fourth-order valence-electron chi connectivity index (χ4n) is 3.10. The average molecular weight is 319 g/mol. The smallest absolute Gasteiger partial charge is 0.308 e. The lowest BCUT2D eigenvalue weighted by Crippen LogP contribution is -2.25. The highest BCUT2D eigenvalue weighted by Crippen LogP contribution is 2.25. The minimum Gasteiger partial charge on any atom is -0.494 e. The summed E-state index contributed by atoms with van der Waals surface area (Å²) in [6.45, 7) is 11.7. The molecule has 0 unspecified atom stereocenters. The molecule has 0 radical (unpaired) electrons. The molecule has 2 rings (SSSR count). The van der Waals surface area contributed by atoms with Crippen molar-refractivity contribution >= 4 is 5.97 Å². The van der Waals surface area contributed by atoms with Crippen LogP contribution < -0.4 is 4.74 Å². The average Bonchev–Trinajstić information content (AvgIpc) is 2.84. The van der Waals surface area contributed by atoms with Gasteiger partial charge in [0.25, 0.3) is 0 Å². The van der Waals surface area contributed by atoms with E-state index < -0.39 is 5.97 Å². The maximum Gasteiger partial charge on any atom is 0.308 e. The van der Waals surface area contributed by atoms with Gasteiger partial charge in [-0.15, -0.1) is 0 Å². The van der Waals surface area contributed by atoms with Gasteiger partial charge in [-0.3, -0.25) is 4.79 Å². The maximum absolute atomic E-state index is 11.1. The molecule has 0 saturated carbocycles. The van der Waals surface area contributed by atoms with E-state index in [0.717, 1.165) is 25.3 Å². The Kier molecular flexibility index (Phi) is 5.69. The summed E-state index contributed by atoms with van der Waals surface area (Å²) in [6.07, 6.45) is 0.917. The molecule has 0 bridgehead atoms. The first-order chi connectivity index (χ1) is 10.8. The van der Waals surface area contributed by atoms with Gasteiger partial charge >= 0.3 is 5.97 Å². The molecular formula is C19H29NO3. The SMILES string of the molecule is C[C@@H]1CN(CCCOc2ccc(C(C)(C)C)cc2)C[C@H]1C(=O)O. The molecule has 1 heterocycles. The van der Waals surface area contributed by atoms with Crippen molar-refractivity contribution in [3.63, 3.8) is 0 Å². The van der Waals surface area contributed by atoms with Crippen molar-refractivity contribution in [2.75, 3.05) is 26.2 Å².